The number of nitrogens with zero attached hydrogens (tertiary/aromatic N) is 1. The molecule has 2 unspecified atom stereocenters. The van der Waals surface area contributed by atoms with Gasteiger partial charge in [0.2, 0.25) is 0 Å². The second-order valence-electron chi connectivity index (χ2n) is 3.69. The molecular formula is C10H17N3O. The van der Waals surface area contributed by atoms with Gasteiger partial charge in [-0.05, 0) is 19.8 Å². The first-order valence-corrected chi connectivity index (χ1v) is 5.22. The van der Waals surface area contributed by atoms with Gasteiger partial charge in [0.15, 0.2) is 0 Å². The molecular weight excluding hydrogens is 178 g/mol. The number of anilines is 1. The molecule has 1 aromatic rings. The van der Waals surface area contributed by atoms with E-state index >= 15 is 0 Å². The van der Waals surface area contributed by atoms with E-state index in [0.29, 0.717) is 17.8 Å². The first-order chi connectivity index (χ1) is 6.77. The molecule has 4 nitrogen and oxygen atoms in total. The molecule has 1 heterocycles. The summed E-state index contributed by atoms with van der Waals surface area (Å²) >= 11 is 0. The number of H-pyrrole nitrogens is 1. The van der Waals surface area contributed by atoms with Gasteiger partial charge in [0, 0.05) is 23.8 Å². The molecule has 0 bridgehead atoms. The zero-order valence-corrected chi connectivity index (χ0v) is 8.71. The van der Waals surface area contributed by atoms with Gasteiger partial charge in [-0.25, -0.2) is 0 Å². The lowest BCUT2D eigenvalue weighted by Gasteiger charge is -2.00. The molecule has 0 saturated heterocycles. The van der Waals surface area contributed by atoms with E-state index in [1.54, 1.807) is 0 Å². The molecule has 78 valence electrons. The lowest BCUT2D eigenvalue weighted by molar-refractivity contribution is 0.128. The molecule has 4 heteroatoms. The predicted molar refractivity (Wildman–Crippen MR) is 55.2 cm³/mol. The summed E-state index contributed by atoms with van der Waals surface area (Å²) < 4.78 is 5.54. The Hall–Kier alpha value is -1.03. The maximum absolute atomic E-state index is 5.75. The second kappa shape index (κ2) is 3.61. The molecule has 0 spiro atoms. The van der Waals surface area contributed by atoms with Crippen molar-refractivity contribution in [1.29, 1.82) is 0 Å². The van der Waals surface area contributed by atoms with E-state index in [2.05, 4.69) is 17.1 Å². The molecule has 2 rings (SSSR count). The number of ether oxygens (including phenoxy) is 1. The molecule has 1 aromatic heterocycles. The highest BCUT2D eigenvalue weighted by atomic mass is 16.5. The second-order valence-corrected chi connectivity index (χ2v) is 3.69. The van der Waals surface area contributed by atoms with Crippen LogP contribution < -0.4 is 5.73 Å². The molecule has 1 saturated carbocycles. The van der Waals surface area contributed by atoms with Gasteiger partial charge in [-0.15, -0.1) is 0 Å². The minimum absolute atomic E-state index is 0.380. The zero-order valence-electron chi connectivity index (χ0n) is 8.71. The number of hydrogen-bond acceptors (Lipinski definition) is 3. The minimum atomic E-state index is 0.380. The molecule has 0 aromatic carbocycles. The number of aromatic amines is 1. The summed E-state index contributed by atoms with van der Waals surface area (Å²) in [4.78, 5) is 0. The maximum Gasteiger partial charge on any atom is 0.148 e. The van der Waals surface area contributed by atoms with Crippen molar-refractivity contribution >= 4 is 5.82 Å². The lowest BCUT2D eigenvalue weighted by Crippen LogP contribution is -1.98. The summed E-state index contributed by atoms with van der Waals surface area (Å²) in [7, 11) is 0. The third kappa shape index (κ3) is 1.50. The molecule has 3 N–H and O–H groups in total. The van der Waals surface area contributed by atoms with E-state index in [4.69, 9.17) is 10.5 Å². The SMILES string of the molecule is CCOC1CC1c1[nH]nc(N)c1CC. The van der Waals surface area contributed by atoms with Crippen molar-refractivity contribution in [2.45, 2.75) is 38.7 Å². The topological polar surface area (TPSA) is 63.9 Å². The van der Waals surface area contributed by atoms with Crippen LogP contribution in [-0.2, 0) is 11.2 Å². The van der Waals surface area contributed by atoms with Crippen molar-refractivity contribution < 1.29 is 4.74 Å². The standard InChI is InChI=1S/C10H17N3O/c1-3-6-9(12-13-10(6)11)7-5-8(7)14-4-2/h7-8H,3-5H2,1-2H3,(H3,11,12,13). The Kier molecular flexibility index (Phi) is 2.46. The average molecular weight is 195 g/mol. The van der Waals surface area contributed by atoms with Gasteiger partial charge in [-0.2, -0.15) is 5.10 Å². The van der Waals surface area contributed by atoms with Crippen LogP contribution >= 0.6 is 0 Å². The molecule has 1 fully saturated rings. The highest BCUT2D eigenvalue weighted by Gasteiger charge is 2.41. The third-order valence-electron chi connectivity index (χ3n) is 2.77. The predicted octanol–water partition coefficient (Wildman–Crippen LogP) is 1.45. The van der Waals surface area contributed by atoms with Crippen LogP contribution in [0.3, 0.4) is 0 Å². The van der Waals surface area contributed by atoms with Gasteiger partial charge in [0.25, 0.3) is 0 Å². The molecule has 0 amide bonds. The van der Waals surface area contributed by atoms with Crippen molar-refractivity contribution in [1.82, 2.24) is 10.2 Å². The Morgan fingerprint density at radius 3 is 3.00 bits per heavy atom. The van der Waals surface area contributed by atoms with Crippen molar-refractivity contribution in [2.75, 3.05) is 12.3 Å². The van der Waals surface area contributed by atoms with Crippen molar-refractivity contribution in [3.8, 4) is 0 Å². The normalized spacial score (nSPS) is 25.3. The molecule has 14 heavy (non-hydrogen) atoms. The van der Waals surface area contributed by atoms with Crippen LogP contribution in [-0.4, -0.2) is 22.9 Å². The monoisotopic (exact) mass is 195 g/mol. The van der Waals surface area contributed by atoms with Gasteiger partial charge in [-0.1, -0.05) is 6.92 Å². The number of hydrogen-bond donors (Lipinski definition) is 2. The minimum Gasteiger partial charge on any atom is -0.382 e. The van der Waals surface area contributed by atoms with Crippen LogP contribution in [0.25, 0.3) is 0 Å². The van der Waals surface area contributed by atoms with Crippen LogP contribution in [0.4, 0.5) is 5.82 Å². The van der Waals surface area contributed by atoms with E-state index in [0.717, 1.165) is 25.0 Å². The van der Waals surface area contributed by atoms with E-state index in [9.17, 15) is 0 Å². The Balaban J connectivity index is 2.10. The summed E-state index contributed by atoms with van der Waals surface area (Å²) in [5.74, 6) is 1.14. The number of nitrogens with two attached hydrogens (primary N) is 1. The maximum atomic E-state index is 5.75. The number of nitrogens with one attached hydrogen (secondary N) is 1. The fraction of sp³-hybridized carbons (Fsp3) is 0.700. The first kappa shape index (κ1) is 9.52. The lowest BCUT2D eigenvalue weighted by atomic mass is 10.1. The van der Waals surface area contributed by atoms with Crippen LogP contribution in [0.1, 0.15) is 37.4 Å². The van der Waals surface area contributed by atoms with E-state index in [1.807, 2.05) is 6.92 Å². The molecule has 1 aliphatic rings. The van der Waals surface area contributed by atoms with E-state index in [1.165, 1.54) is 5.69 Å². The number of nitrogen functional groups attached to an aromatic ring is 1. The first-order valence-electron chi connectivity index (χ1n) is 5.22. The Morgan fingerprint density at radius 1 is 1.57 bits per heavy atom. The van der Waals surface area contributed by atoms with Crippen LogP contribution in [0.2, 0.25) is 0 Å². The number of rotatable bonds is 4. The van der Waals surface area contributed by atoms with Gasteiger partial charge in [-0.3, -0.25) is 5.10 Å². The molecule has 1 aliphatic carbocycles. The van der Waals surface area contributed by atoms with Crippen LogP contribution in [0.5, 0.6) is 0 Å². The summed E-state index contributed by atoms with van der Waals surface area (Å²) in [5, 5.41) is 7.06. The smallest absolute Gasteiger partial charge is 0.148 e. The fourth-order valence-electron chi connectivity index (χ4n) is 1.95. The molecule has 2 atom stereocenters. The highest BCUT2D eigenvalue weighted by Crippen LogP contribution is 2.44. The third-order valence-corrected chi connectivity index (χ3v) is 2.77. The Labute approximate surface area is 83.8 Å². The Bertz CT molecular complexity index is 321. The summed E-state index contributed by atoms with van der Waals surface area (Å²) in [5.41, 5.74) is 8.10. The largest absolute Gasteiger partial charge is 0.382 e. The zero-order chi connectivity index (χ0) is 10.1. The van der Waals surface area contributed by atoms with Crippen molar-refractivity contribution in [3.63, 3.8) is 0 Å². The van der Waals surface area contributed by atoms with Gasteiger partial charge in [0.1, 0.15) is 5.82 Å². The van der Waals surface area contributed by atoms with Crippen LogP contribution in [0.15, 0.2) is 0 Å². The quantitative estimate of drug-likeness (QED) is 0.764. The van der Waals surface area contributed by atoms with Gasteiger partial charge in [0.05, 0.1) is 6.10 Å². The molecule has 0 aliphatic heterocycles. The number of aromatic nitrogens is 2. The van der Waals surface area contributed by atoms with E-state index in [-0.39, 0.29) is 0 Å². The summed E-state index contributed by atoms with van der Waals surface area (Å²) in [6.07, 6.45) is 2.42. The van der Waals surface area contributed by atoms with Crippen molar-refractivity contribution in [2.24, 2.45) is 0 Å². The van der Waals surface area contributed by atoms with E-state index < -0.39 is 0 Å². The highest BCUT2D eigenvalue weighted by molar-refractivity contribution is 5.45. The fourth-order valence-corrected chi connectivity index (χ4v) is 1.95. The average Bonchev–Trinajstić information content (AvgIpc) is 2.82. The molecule has 0 radical (unpaired) electrons. The van der Waals surface area contributed by atoms with Gasteiger partial charge >= 0.3 is 0 Å². The van der Waals surface area contributed by atoms with Crippen LogP contribution in [0, 0.1) is 0 Å². The summed E-state index contributed by atoms with van der Waals surface area (Å²) in [6, 6.07) is 0. The van der Waals surface area contributed by atoms with Gasteiger partial charge < -0.3 is 10.5 Å². The van der Waals surface area contributed by atoms with Crippen molar-refractivity contribution in [3.05, 3.63) is 11.3 Å². The Morgan fingerprint density at radius 2 is 2.36 bits per heavy atom. The summed E-state index contributed by atoms with van der Waals surface area (Å²) in [6.45, 7) is 4.91.